The number of aryl methyl sites for hydroxylation is 2. The number of oxazole rings is 1. The minimum absolute atomic E-state index is 0.0616. The van der Waals surface area contributed by atoms with Crippen LogP contribution in [0.1, 0.15) is 27.0 Å². The molecule has 0 saturated carbocycles. The van der Waals surface area contributed by atoms with Crippen molar-refractivity contribution < 1.29 is 19.1 Å². The van der Waals surface area contributed by atoms with E-state index in [9.17, 15) is 9.90 Å². The van der Waals surface area contributed by atoms with Crippen molar-refractivity contribution in [1.82, 2.24) is 4.98 Å². The zero-order chi connectivity index (χ0) is 25.2. The minimum Gasteiger partial charge on any atom is -0.507 e. The molecule has 0 atom stereocenters. The van der Waals surface area contributed by atoms with Gasteiger partial charge in [0, 0.05) is 10.7 Å². The second-order valence-electron chi connectivity index (χ2n) is 8.38. The molecular weight excluding hydrogens is 520 g/mol. The second kappa shape index (κ2) is 9.79. The molecule has 0 aliphatic rings. The van der Waals surface area contributed by atoms with E-state index in [1.807, 2.05) is 32.0 Å². The fourth-order valence-electron chi connectivity index (χ4n) is 3.82. The molecule has 1 N–H and O–H groups in total. The lowest BCUT2D eigenvalue weighted by molar-refractivity contribution is 0.0734. The Morgan fingerprint density at radius 2 is 1.83 bits per heavy atom. The lowest BCUT2D eigenvalue weighted by atomic mass is 10.1. The molecule has 0 unspecified atom stereocenters. The van der Waals surface area contributed by atoms with Crippen molar-refractivity contribution in [1.29, 1.82) is 0 Å². The summed E-state index contributed by atoms with van der Waals surface area (Å²) in [6, 6.07) is 23.1. The van der Waals surface area contributed by atoms with Gasteiger partial charge >= 0.3 is 5.97 Å². The van der Waals surface area contributed by atoms with Crippen LogP contribution in [0, 0.1) is 13.8 Å². The van der Waals surface area contributed by atoms with Crippen LogP contribution < -0.4 is 4.74 Å². The van der Waals surface area contributed by atoms with E-state index in [1.165, 1.54) is 0 Å². The average Bonchev–Trinajstić information content (AvgIpc) is 3.28. The highest BCUT2D eigenvalue weighted by atomic mass is 79.9. The number of nitrogens with zero attached hydrogens (tertiary/aromatic N) is 2. The Balaban J connectivity index is 1.33. The lowest BCUT2D eigenvalue weighted by Gasteiger charge is -2.05. The molecule has 178 valence electrons. The summed E-state index contributed by atoms with van der Waals surface area (Å²) in [5, 5.41) is 10.4. The molecule has 0 aliphatic heterocycles. The van der Waals surface area contributed by atoms with Crippen molar-refractivity contribution in [2.75, 3.05) is 0 Å². The van der Waals surface area contributed by atoms with Crippen molar-refractivity contribution in [3.63, 3.8) is 0 Å². The third kappa shape index (κ3) is 5.06. The van der Waals surface area contributed by atoms with Gasteiger partial charge in [-0.25, -0.2) is 9.78 Å². The summed E-state index contributed by atoms with van der Waals surface area (Å²) in [5.74, 6) is 0.404. The predicted octanol–water partition coefficient (Wildman–Crippen LogP) is 7.55. The summed E-state index contributed by atoms with van der Waals surface area (Å²) in [7, 11) is 0. The third-order valence-electron chi connectivity index (χ3n) is 5.54. The van der Waals surface area contributed by atoms with E-state index in [4.69, 9.17) is 9.15 Å². The van der Waals surface area contributed by atoms with E-state index in [2.05, 4.69) is 25.9 Å². The number of aliphatic imine (C=N–C) groups is 1. The Hall–Kier alpha value is -4.23. The number of benzene rings is 4. The maximum atomic E-state index is 12.3. The number of aromatic hydroxyl groups is 1. The molecular formula is C29H21BrN2O4. The van der Waals surface area contributed by atoms with E-state index in [-0.39, 0.29) is 5.75 Å². The van der Waals surface area contributed by atoms with E-state index < -0.39 is 5.97 Å². The molecule has 0 radical (unpaired) electrons. The molecule has 0 saturated heterocycles. The van der Waals surface area contributed by atoms with Crippen LogP contribution in [0.15, 0.2) is 92.7 Å². The van der Waals surface area contributed by atoms with Gasteiger partial charge in [0.25, 0.3) is 0 Å². The molecule has 5 aromatic rings. The second-order valence-corrected chi connectivity index (χ2v) is 9.29. The largest absolute Gasteiger partial charge is 0.507 e. The average molecular weight is 541 g/mol. The number of hydrogen-bond donors (Lipinski definition) is 1. The number of phenolic OH excluding ortho intramolecular Hbond substituents is 1. The topological polar surface area (TPSA) is 84.9 Å². The highest BCUT2D eigenvalue weighted by Crippen LogP contribution is 2.35. The Labute approximate surface area is 216 Å². The summed E-state index contributed by atoms with van der Waals surface area (Å²) in [6.07, 6.45) is 1.69. The van der Waals surface area contributed by atoms with Gasteiger partial charge in [0.15, 0.2) is 5.58 Å². The smallest absolute Gasteiger partial charge is 0.343 e. The zero-order valence-electron chi connectivity index (χ0n) is 19.5. The molecule has 4 aromatic carbocycles. The van der Waals surface area contributed by atoms with Crippen LogP contribution in [-0.4, -0.2) is 22.3 Å². The van der Waals surface area contributed by atoms with Crippen LogP contribution in [0.2, 0.25) is 0 Å². The standard InChI is InChI=1S/C29H21BrN2O4/c1-17-12-18(2)27-25(13-17)32-28(36-27)24-15-22(8-11-26(24)33)31-16-19-6-9-23(10-7-19)35-29(34)20-4-3-5-21(30)14-20/h3-16,33H,1-2H3. The van der Waals surface area contributed by atoms with Crippen LogP contribution in [-0.2, 0) is 0 Å². The molecule has 0 amide bonds. The van der Waals surface area contributed by atoms with Gasteiger partial charge in [-0.05, 0) is 97.3 Å². The maximum Gasteiger partial charge on any atom is 0.343 e. The number of carbonyl (C=O) groups is 1. The summed E-state index contributed by atoms with van der Waals surface area (Å²) in [4.78, 5) is 21.4. The van der Waals surface area contributed by atoms with Crippen molar-refractivity contribution in [3.05, 3.63) is 106 Å². The number of fused-ring (bicyclic) bond motifs is 1. The van der Waals surface area contributed by atoms with Gasteiger partial charge in [0.1, 0.15) is 17.0 Å². The first-order chi connectivity index (χ1) is 17.4. The highest BCUT2D eigenvalue weighted by molar-refractivity contribution is 9.10. The van der Waals surface area contributed by atoms with Gasteiger partial charge in [-0.2, -0.15) is 0 Å². The molecule has 0 aliphatic carbocycles. The first-order valence-corrected chi connectivity index (χ1v) is 12.0. The van der Waals surface area contributed by atoms with Gasteiger partial charge < -0.3 is 14.3 Å². The number of carbonyl (C=O) groups excluding carboxylic acids is 1. The summed E-state index contributed by atoms with van der Waals surface area (Å²) in [5.41, 5.74) is 5.90. The maximum absolute atomic E-state index is 12.3. The van der Waals surface area contributed by atoms with Crippen LogP contribution in [0.4, 0.5) is 5.69 Å². The molecule has 0 spiro atoms. The number of ether oxygens (including phenoxy) is 1. The number of phenols is 1. The molecule has 0 fully saturated rings. The first-order valence-electron chi connectivity index (χ1n) is 11.2. The first kappa shape index (κ1) is 23.5. The Bertz CT molecular complexity index is 1620. The van der Waals surface area contributed by atoms with Crippen LogP contribution >= 0.6 is 15.9 Å². The van der Waals surface area contributed by atoms with Gasteiger partial charge in [0.05, 0.1) is 16.8 Å². The Morgan fingerprint density at radius 3 is 2.61 bits per heavy atom. The predicted molar refractivity (Wildman–Crippen MR) is 143 cm³/mol. The van der Waals surface area contributed by atoms with Gasteiger partial charge in [0.2, 0.25) is 5.89 Å². The van der Waals surface area contributed by atoms with Crippen LogP contribution in [0.25, 0.3) is 22.6 Å². The summed E-state index contributed by atoms with van der Waals surface area (Å²) >= 11 is 3.35. The normalized spacial score (nSPS) is 11.3. The summed E-state index contributed by atoms with van der Waals surface area (Å²) in [6.45, 7) is 3.98. The molecule has 5 rings (SSSR count). The quantitative estimate of drug-likeness (QED) is 0.141. The molecule has 1 heterocycles. The Kier molecular flexibility index (Phi) is 6.40. The molecule has 0 bridgehead atoms. The van der Waals surface area contributed by atoms with E-state index in [1.54, 1.807) is 66.9 Å². The number of halogens is 1. The summed E-state index contributed by atoms with van der Waals surface area (Å²) < 4.78 is 12.2. The number of hydrogen-bond acceptors (Lipinski definition) is 6. The van der Waals surface area contributed by atoms with E-state index >= 15 is 0 Å². The molecule has 1 aromatic heterocycles. The number of aromatic nitrogens is 1. The van der Waals surface area contributed by atoms with Crippen molar-refractivity contribution in [2.45, 2.75) is 13.8 Å². The van der Waals surface area contributed by atoms with Crippen LogP contribution in [0.3, 0.4) is 0 Å². The zero-order valence-corrected chi connectivity index (χ0v) is 21.1. The van der Waals surface area contributed by atoms with E-state index in [0.29, 0.717) is 34.0 Å². The van der Waals surface area contributed by atoms with Crippen molar-refractivity contribution >= 4 is 44.9 Å². The van der Waals surface area contributed by atoms with E-state index in [0.717, 1.165) is 26.7 Å². The van der Waals surface area contributed by atoms with Gasteiger partial charge in [-0.3, -0.25) is 4.99 Å². The number of rotatable bonds is 5. The molecule has 7 heteroatoms. The number of esters is 1. The van der Waals surface area contributed by atoms with Gasteiger partial charge in [-0.15, -0.1) is 0 Å². The highest BCUT2D eigenvalue weighted by Gasteiger charge is 2.15. The fourth-order valence-corrected chi connectivity index (χ4v) is 4.22. The lowest BCUT2D eigenvalue weighted by Crippen LogP contribution is -2.08. The van der Waals surface area contributed by atoms with Crippen molar-refractivity contribution in [2.24, 2.45) is 4.99 Å². The molecule has 6 nitrogen and oxygen atoms in total. The van der Waals surface area contributed by atoms with Crippen LogP contribution in [0.5, 0.6) is 11.5 Å². The third-order valence-corrected chi connectivity index (χ3v) is 6.04. The fraction of sp³-hybridized carbons (Fsp3) is 0.0690. The molecule has 36 heavy (non-hydrogen) atoms. The van der Waals surface area contributed by atoms with Gasteiger partial charge in [-0.1, -0.05) is 28.1 Å². The van der Waals surface area contributed by atoms with Crippen molar-refractivity contribution in [3.8, 4) is 23.0 Å². The Morgan fingerprint density at radius 1 is 1.03 bits per heavy atom. The monoisotopic (exact) mass is 540 g/mol. The SMILES string of the molecule is Cc1cc(C)c2oc(-c3cc(N=Cc4ccc(OC(=O)c5cccc(Br)c5)cc4)ccc3O)nc2c1. The minimum atomic E-state index is -0.432.